The van der Waals surface area contributed by atoms with E-state index in [1.54, 1.807) is 0 Å². The summed E-state index contributed by atoms with van der Waals surface area (Å²) in [5, 5.41) is 9.22. The van der Waals surface area contributed by atoms with Gasteiger partial charge in [-0.25, -0.2) is 0 Å². The second-order valence-corrected chi connectivity index (χ2v) is 5.99. The molecule has 19 heavy (non-hydrogen) atoms. The van der Waals surface area contributed by atoms with Crippen LogP contribution in [-0.2, 0) is 14.3 Å². The molecule has 0 bridgehead atoms. The number of aliphatic hydroxyl groups excluding tert-OH is 1. The quantitative estimate of drug-likeness (QED) is 0.830. The number of hydrogen-bond donors (Lipinski definition) is 1. The number of ether oxygens (including phenoxy) is 2. The van der Waals surface area contributed by atoms with E-state index in [9.17, 15) is 9.90 Å². The van der Waals surface area contributed by atoms with E-state index in [1.165, 1.54) is 5.57 Å². The van der Waals surface area contributed by atoms with Gasteiger partial charge in [-0.15, -0.1) is 0 Å². The molecule has 1 spiro atoms. The van der Waals surface area contributed by atoms with Crippen LogP contribution in [0.4, 0.5) is 0 Å². The summed E-state index contributed by atoms with van der Waals surface area (Å²) in [5.74, 6) is -0.321. The molecule has 4 heteroatoms. The summed E-state index contributed by atoms with van der Waals surface area (Å²) in [6.07, 6.45) is 4.66. The van der Waals surface area contributed by atoms with Gasteiger partial charge in [0.2, 0.25) is 0 Å². The maximum absolute atomic E-state index is 12.1. The summed E-state index contributed by atoms with van der Waals surface area (Å²) in [7, 11) is 0. The largest absolute Gasteiger partial charge is 0.396 e. The Kier molecular flexibility index (Phi) is 3.28. The predicted octanol–water partition coefficient (Wildman–Crippen LogP) is 1.96. The molecule has 0 amide bonds. The molecule has 3 aliphatic rings. The Morgan fingerprint density at radius 1 is 1.21 bits per heavy atom. The molecular weight excluding hydrogens is 244 g/mol. The van der Waals surface area contributed by atoms with Gasteiger partial charge in [-0.3, -0.25) is 4.79 Å². The topological polar surface area (TPSA) is 55.8 Å². The normalized spacial score (nSPS) is 33.9. The number of fused-ring (bicyclic) bond motifs is 2. The summed E-state index contributed by atoms with van der Waals surface area (Å²) < 4.78 is 12.0. The van der Waals surface area contributed by atoms with E-state index < -0.39 is 5.79 Å². The van der Waals surface area contributed by atoms with Crippen molar-refractivity contribution in [3.63, 3.8) is 0 Å². The zero-order chi connectivity index (χ0) is 13.5. The van der Waals surface area contributed by atoms with E-state index in [2.05, 4.69) is 6.92 Å². The van der Waals surface area contributed by atoms with E-state index >= 15 is 0 Å². The van der Waals surface area contributed by atoms with Gasteiger partial charge in [-0.2, -0.15) is 0 Å². The van der Waals surface area contributed by atoms with Crippen molar-refractivity contribution < 1.29 is 19.4 Å². The van der Waals surface area contributed by atoms with Crippen LogP contribution in [0.1, 0.15) is 45.4 Å². The van der Waals surface area contributed by atoms with E-state index in [1.807, 2.05) is 0 Å². The molecule has 0 aromatic carbocycles. The summed E-state index contributed by atoms with van der Waals surface area (Å²) in [6, 6.07) is 0. The molecule has 106 valence electrons. The van der Waals surface area contributed by atoms with Crippen molar-refractivity contribution in [1.82, 2.24) is 0 Å². The number of carbonyl (C=O) groups is 1. The fourth-order valence-corrected chi connectivity index (χ4v) is 4.11. The van der Waals surface area contributed by atoms with E-state index in [4.69, 9.17) is 9.47 Å². The third kappa shape index (κ3) is 1.81. The van der Waals surface area contributed by atoms with Crippen molar-refractivity contribution >= 4 is 5.78 Å². The first-order valence-corrected chi connectivity index (χ1v) is 7.27. The van der Waals surface area contributed by atoms with Crippen molar-refractivity contribution in [2.45, 2.75) is 51.2 Å². The van der Waals surface area contributed by atoms with Gasteiger partial charge in [0.25, 0.3) is 0 Å². The first-order valence-electron chi connectivity index (χ1n) is 7.27. The molecule has 1 saturated heterocycles. The molecule has 1 atom stereocenters. The molecule has 1 N–H and O–H groups in total. The van der Waals surface area contributed by atoms with Gasteiger partial charge in [-0.05, 0) is 31.3 Å². The smallest absolute Gasteiger partial charge is 0.177 e. The molecular formula is C15H22O4. The van der Waals surface area contributed by atoms with Crippen LogP contribution in [0.25, 0.3) is 0 Å². The number of aliphatic hydroxyl groups is 1. The van der Waals surface area contributed by atoms with Crippen LogP contribution in [0.5, 0.6) is 0 Å². The van der Waals surface area contributed by atoms with Crippen molar-refractivity contribution in [1.29, 1.82) is 0 Å². The maximum Gasteiger partial charge on any atom is 0.177 e. The Bertz CT molecular complexity index is 420. The molecule has 1 heterocycles. The minimum atomic E-state index is -0.526. The summed E-state index contributed by atoms with van der Waals surface area (Å²) in [5.41, 5.74) is 1.83. The Morgan fingerprint density at radius 3 is 2.63 bits per heavy atom. The van der Waals surface area contributed by atoms with Crippen molar-refractivity contribution in [3.8, 4) is 0 Å². The second-order valence-electron chi connectivity index (χ2n) is 5.99. The van der Waals surface area contributed by atoms with Gasteiger partial charge >= 0.3 is 0 Å². The number of rotatable bonds is 2. The summed E-state index contributed by atoms with van der Waals surface area (Å²) in [4.78, 5) is 12.1. The predicted molar refractivity (Wildman–Crippen MR) is 69.6 cm³/mol. The maximum atomic E-state index is 12.1. The fourth-order valence-electron chi connectivity index (χ4n) is 4.11. The minimum Gasteiger partial charge on any atom is -0.396 e. The van der Waals surface area contributed by atoms with Gasteiger partial charge in [0.1, 0.15) is 0 Å². The fraction of sp³-hybridized carbons (Fsp3) is 0.800. The molecule has 1 aliphatic heterocycles. The number of carbonyl (C=O) groups excluding carboxylic acids is 1. The molecule has 0 radical (unpaired) electrons. The highest BCUT2D eigenvalue weighted by Crippen LogP contribution is 2.57. The zero-order valence-electron chi connectivity index (χ0n) is 11.5. The molecule has 4 nitrogen and oxygen atoms in total. The molecule has 0 aromatic heterocycles. The van der Waals surface area contributed by atoms with Crippen LogP contribution in [-0.4, -0.2) is 36.5 Å². The van der Waals surface area contributed by atoms with E-state index in [0.717, 1.165) is 31.3 Å². The van der Waals surface area contributed by atoms with Gasteiger partial charge in [0.05, 0.1) is 13.2 Å². The third-order valence-corrected chi connectivity index (χ3v) is 5.11. The van der Waals surface area contributed by atoms with Crippen LogP contribution in [0.15, 0.2) is 11.1 Å². The Hall–Kier alpha value is -0.710. The number of ketones is 1. The highest BCUT2D eigenvalue weighted by atomic mass is 16.7. The van der Waals surface area contributed by atoms with Crippen molar-refractivity contribution in [2.75, 3.05) is 19.8 Å². The SMILES string of the molecule is C[C@]12CCC(=O)C(CCO)=C1CCCC21OCCO1. The average Bonchev–Trinajstić information content (AvgIpc) is 2.86. The molecule has 2 aliphatic carbocycles. The monoisotopic (exact) mass is 266 g/mol. The minimum absolute atomic E-state index is 0.0371. The lowest BCUT2D eigenvalue weighted by molar-refractivity contribution is -0.237. The Balaban J connectivity index is 2.06. The van der Waals surface area contributed by atoms with E-state index in [0.29, 0.717) is 26.1 Å². The Morgan fingerprint density at radius 2 is 1.95 bits per heavy atom. The molecule has 1 saturated carbocycles. The summed E-state index contributed by atoms with van der Waals surface area (Å²) >= 11 is 0. The molecule has 2 fully saturated rings. The zero-order valence-corrected chi connectivity index (χ0v) is 11.5. The van der Waals surface area contributed by atoms with Crippen LogP contribution >= 0.6 is 0 Å². The molecule has 0 aromatic rings. The van der Waals surface area contributed by atoms with Crippen LogP contribution in [0, 0.1) is 5.41 Å². The van der Waals surface area contributed by atoms with Crippen molar-refractivity contribution in [2.24, 2.45) is 5.41 Å². The van der Waals surface area contributed by atoms with Crippen LogP contribution in [0.2, 0.25) is 0 Å². The number of hydrogen-bond acceptors (Lipinski definition) is 4. The average molecular weight is 266 g/mol. The lowest BCUT2D eigenvalue weighted by Gasteiger charge is -2.52. The first kappa shape index (κ1) is 13.3. The number of Topliss-reactive ketones (excluding diaryl/α,β-unsaturated/α-hetero) is 1. The molecule has 0 unspecified atom stereocenters. The highest BCUT2D eigenvalue weighted by Gasteiger charge is 2.58. The van der Waals surface area contributed by atoms with Crippen LogP contribution in [0.3, 0.4) is 0 Å². The van der Waals surface area contributed by atoms with Crippen molar-refractivity contribution in [3.05, 3.63) is 11.1 Å². The summed E-state index contributed by atoms with van der Waals surface area (Å²) in [6.45, 7) is 3.50. The van der Waals surface area contributed by atoms with Gasteiger partial charge in [0.15, 0.2) is 11.6 Å². The standard InChI is InChI=1S/C15H22O4/c1-14-7-4-13(17)11(5-8-16)12(14)3-2-6-15(14)18-9-10-19-15/h16H,2-10H2,1H3/t14-/m0/s1. The lowest BCUT2D eigenvalue weighted by atomic mass is 9.60. The van der Waals surface area contributed by atoms with Gasteiger partial charge in [0, 0.05) is 24.9 Å². The third-order valence-electron chi connectivity index (χ3n) is 5.11. The van der Waals surface area contributed by atoms with Gasteiger partial charge in [-0.1, -0.05) is 12.5 Å². The molecule has 3 rings (SSSR count). The van der Waals surface area contributed by atoms with Crippen LogP contribution < -0.4 is 0 Å². The Labute approximate surface area is 113 Å². The first-order chi connectivity index (χ1) is 9.13. The lowest BCUT2D eigenvalue weighted by Crippen LogP contribution is -2.53. The van der Waals surface area contributed by atoms with Gasteiger partial charge < -0.3 is 14.6 Å². The van der Waals surface area contributed by atoms with E-state index in [-0.39, 0.29) is 17.8 Å². The second kappa shape index (κ2) is 4.69. The highest BCUT2D eigenvalue weighted by molar-refractivity contribution is 5.97.